The van der Waals surface area contributed by atoms with Crippen molar-refractivity contribution in [2.75, 3.05) is 13.2 Å². The van der Waals surface area contributed by atoms with Gasteiger partial charge in [-0.1, -0.05) is 62.4 Å². The summed E-state index contributed by atoms with van der Waals surface area (Å²) in [5.41, 5.74) is 7.53. The fourth-order valence-corrected chi connectivity index (χ4v) is 2.96. The summed E-state index contributed by atoms with van der Waals surface area (Å²) in [5, 5.41) is 0. The SMILES string of the molecule is CC(C)C[C@H](N)C(=O)OCCOC(=O)C(C)c1cccc(C(=O)c2ccccc2)c1.Cl. The number of ketones is 1. The zero-order valence-electron chi connectivity index (χ0n) is 18.1. The highest BCUT2D eigenvalue weighted by atomic mass is 35.5. The number of hydrogen-bond acceptors (Lipinski definition) is 6. The number of nitrogens with two attached hydrogens (primary N) is 1. The van der Waals surface area contributed by atoms with Gasteiger partial charge in [0.05, 0.1) is 5.92 Å². The topological polar surface area (TPSA) is 95.7 Å². The Morgan fingerprint density at radius 2 is 1.42 bits per heavy atom. The first-order valence-electron chi connectivity index (χ1n) is 10.1. The third-order valence-electron chi connectivity index (χ3n) is 4.64. The summed E-state index contributed by atoms with van der Waals surface area (Å²) in [7, 11) is 0. The molecule has 1 unspecified atom stereocenters. The van der Waals surface area contributed by atoms with Crippen LogP contribution < -0.4 is 5.73 Å². The molecule has 0 aromatic heterocycles. The van der Waals surface area contributed by atoms with E-state index < -0.39 is 23.9 Å². The molecule has 168 valence electrons. The van der Waals surface area contributed by atoms with Crippen molar-refractivity contribution in [2.24, 2.45) is 11.7 Å². The number of hydrogen-bond donors (Lipinski definition) is 1. The zero-order valence-corrected chi connectivity index (χ0v) is 18.9. The van der Waals surface area contributed by atoms with Gasteiger partial charge in [0.15, 0.2) is 5.78 Å². The second kappa shape index (κ2) is 12.9. The van der Waals surface area contributed by atoms with Crippen molar-refractivity contribution in [3.05, 3.63) is 71.3 Å². The number of carbonyl (C=O) groups excluding carboxylic acids is 3. The molecule has 31 heavy (non-hydrogen) atoms. The highest BCUT2D eigenvalue weighted by Gasteiger charge is 2.20. The Morgan fingerprint density at radius 3 is 2.03 bits per heavy atom. The first kappa shape index (κ1) is 26.3. The molecule has 0 aliphatic carbocycles. The summed E-state index contributed by atoms with van der Waals surface area (Å²) in [6.07, 6.45) is 0.535. The van der Waals surface area contributed by atoms with Gasteiger partial charge in [0.25, 0.3) is 0 Å². The molecule has 6 nitrogen and oxygen atoms in total. The van der Waals surface area contributed by atoms with Crippen LogP contribution in [0.4, 0.5) is 0 Å². The van der Waals surface area contributed by atoms with Crippen LogP contribution in [0.3, 0.4) is 0 Å². The molecule has 0 heterocycles. The largest absolute Gasteiger partial charge is 0.462 e. The van der Waals surface area contributed by atoms with Crippen molar-refractivity contribution in [1.82, 2.24) is 0 Å². The van der Waals surface area contributed by atoms with Crippen LogP contribution in [-0.2, 0) is 19.1 Å². The molecule has 0 saturated heterocycles. The molecular weight excluding hydrogens is 418 g/mol. The van der Waals surface area contributed by atoms with E-state index in [0.717, 1.165) is 0 Å². The minimum absolute atomic E-state index is 0. The van der Waals surface area contributed by atoms with E-state index in [1.807, 2.05) is 19.9 Å². The van der Waals surface area contributed by atoms with Gasteiger partial charge in [-0.05, 0) is 30.9 Å². The Balaban J connectivity index is 0.00000480. The molecule has 0 radical (unpaired) electrons. The van der Waals surface area contributed by atoms with Crippen molar-refractivity contribution in [2.45, 2.75) is 39.2 Å². The Bertz CT molecular complexity index is 869. The Hall–Kier alpha value is -2.70. The average molecular weight is 448 g/mol. The van der Waals surface area contributed by atoms with Gasteiger partial charge < -0.3 is 15.2 Å². The van der Waals surface area contributed by atoms with Crippen molar-refractivity contribution >= 4 is 30.1 Å². The van der Waals surface area contributed by atoms with Crippen molar-refractivity contribution in [1.29, 1.82) is 0 Å². The Kier molecular flexibility index (Phi) is 10.9. The van der Waals surface area contributed by atoms with E-state index in [0.29, 0.717) is 23.1 Å². The predicted octanol–water partition coefficient (Wildman–Crippen LogP) is 3.90. The molecule has 0 fully saturated rings. The fraction of sp³-hybridized carbons (Fsp3) is 0.375. The van der Waals surface area contributed by atoms with Gasteiger partial charge in [0.2, 0.25) is 0 Å². The maximum atomic E-state index is 12.6. The van der Waals surface area contributed by atoms with Gasteiger partial charge in [-0.2, -0.15) is 0 Å². The molecule has 0 spiro atoms. The molecule has 0 aliphatic heterocycles. The van der Waals surface area contributed by atoms with Gasteiger partial charge in [0, 0.05) is 11.1 Å². The Labute approximate surface area is 189 Å². The number of rotatable bonds is 10. The van der Waals surface area contributed by atoms with E-state index in [1.165, 1.54) is 0 Å². The van der Waals surface area contributed by atoms with Crippen LogP contribution in [0.25, 0.3) is 0 Å². The average Bonchev–Trinajstić information content (AvgIpc) is 2.75. The third kappa shape index (κ3) is 8.15. The molecule has 2 aromatic carbocycles. The summed E-state index contributed by atoms with van der Waals surface area (Å²) < 4.78 is 10.3. The lowest BCUT2D eigenvalue weighted by molar-refractivity contribution is -0.154. The first-order chi connectivity index (χ1) is 14.3. The van der Waals surface area contributed by atoms with Gasteiger partial charge in [-0.15, -0.1) is 12.4 Å². The molecule has 0 aliphatic rings. The summed E-state index contributed by atoms with van der Waals surface area (Å²) in [6.45, 7) is 5.55. The number of carbonyl (C=O) groups is 3. The molecule has 2 aromatic rings. The fourth-order valence-electron chi connectivity index (χ4n) is 2.96. The van der Waals surface area contributed by atoms with Gasteiger partial charge in [0.1, 0.15) is 19.3 Å². The van der Waals surface area contributed by atoms with Crippen LogP contribution in [0.15, 0.2) is 54.6 Å². The van der Waals surface area contributed by atoms with Gasteiger partial charge in [-0.25, -0.2) is 0 Å². The molecule has 2 N–H and O–H groups in total. The molecule has 7 heteroatoms. The van der Waals surface area contributed by atoms with Crippen LogP contribution in [0, 0.1) is 5.92 Å². The van der Waals surface area contributed by atoms with Crippen LogP contribution in [0.2, 0.25) is 0 Å². The predicted molar refractivity (Wildman–Crippen MR) is 121 cm³/mol. The van der Waals surface area contributed by atoms with E-state index in [2.05, 4.69) is 0 Å². The number of esters is 2. The van der Waals surface area contributed by atoms with Crippen LogP contribution in [0.5, 0.6) is 0 Å². The van der Waals surface area contributed by atoms with Crippen molar-refractivity contribution in [3.63, 3.8) is 0 Å². The maximum absolute atomic E-state index is 12.6. The Morgan fingerprint density at radius 1 is 0.839 bits per heavy atom. The maximum Gasteiger partial charge on any atom is 0.323 e. The van der Waals surface area contributed by atoms with E-state index in [9.17, 15) is 14.4 Å². The van der Waals surface area contributed by atoms with E-state index in [1.54, 1.807) is 55.5 Å². The summed E-state index contributed by atoms with van der Waals surface area (Å²) >= 11 is 0. The zero-order chi connectivity index (χ0) is 22.1. The molecule has 0 saturated carbocycles. The second-order valence-corrected chi connectivity index (χ2v) is 7.61. The number of benzene rings is 2. The van der Waals surface area contributed by atoms with E-state index >= 15 is 0 Å². The van der Waals surface area contributed by atoms with Gasteiger partial charge in [-0.3, -0.25) is 14.4 Å². The monoisotopic (exact) mass is 447 g/mol. The summed E-state index contributed by atoms with van der Waals surface area (Å²) in [5.74, 6) is -1.34. The molecule has 2 atom stereocenters. The third-order valence-corrected chi connectivity index (χ3v) is 4.64. The number of ether oxygens (including phenoxy) is 2. The lowest BCUT2D eigenvalue weighted by atomic mass is 9.96. The molecule has 0 bridgehead atoms. The lowest BCUT2D eigenvalue weighted by Crippen LogP contribution is -2.34. The minimum atomic E-state index is -0.676. The normalized spacial score (nSPS) is 12.4. The smallest absolute Gasteiger partial charge is 0.323 e. The molecule has 0 amide bonds. The summed E-state index contributed by atoms with van der Waals surface area (Å²) in [6, 6.07) is 15.2. The lowest BCUT2D eigenvalue weighted by Gasteiger charge is -2.15. The highest BCUT2D eigenvalue weighted by Crippen LogP contribution is 2.20. The quantitative estimate of drug-likeness (QED) is 0.337. The molecular formula is C24H30ClNO5. The first-order valence-corrected chi connectivity index (χ1v) is 10.1. The van der Waals surface area contributed by atoms with Crippen LogP contribution in [-0.4, -0.2) is 37.0 Å². The standard InChI is InChI=1S/C24H29NO5.ClH/c1-16(2)14-21(25)24(28)30-13-12-29-23(27)17(3)19-10-7-11-20(15-19)22(26)18-8-5-4-6-9-18;/h4-11,15-17,21H,12-14,25H2,1-3H3;1H/t17?,21-;/m0./s1. The number of halogens is 1. The molecule has 2 rings (SSSR count). The summed E-state index contributed by atoms with van der Waals surface area (Å²) in [4.78, 5) is 36.7. The van der Waals surface area contributed by atoms with Crippen molar-refractivity contribution < 1.29 is 23.9 Å². The highest BCUT2D eigenvalue weighted by molar-refractivity contribution is 6.09. The van der Waals surface area contributed by atoms with Crippen LogP contribution in [0.1, 0.15) is 54.6 Å². The minimum Gasteiger partial charge on any atom is -0.462 e. The van der Waals surface area contributed by atoms with E-state index in [4.69, 9.17) is 15.2 Å². The van der Waals surface area contributed by atoms with Crippen molar-refractivity contribution in [3.8, 4) is 0 Å². The van der Waals surface area contributed by atoms with E-state index in [-0.39, 0.29) is 37.3 Å². The second-order valence-electron chi connectivity index (χ2n) is 7.61. The van der Waals surface area contributed by atoms with Gasteiger partial charge >= 0.3 is 11.9 Å². The van der Waals surface area contributed by atoms with Crippen LogP contribution >= 0.6 is 12.4 Å².